The fourth-order valence-corrected chi connectivity index (χ4v) is 2.28. The lowest BCUT2D eigenvalue weighted by atomic mass is 10.1. The Morgan fingerprint density at radius 3 is 2.84 bits per heavy atom. The SMILES string of the molecule is Cc1cc2ccccn2c1-c1cnncc1C(=O)O. The molecule has 5 nitrogen and oxygen atoms in total. The first kappa shape index (κ1) is 11.4. The lowest BCUT2D eigenvalue weighted by Crippen LogP contribution is -2.03. The first-order valence-corrected chi connectivity index (χ1v) is 5.79. The van der Waals surface area contributed by atoms with Crippen LogP contribution in [0.1, 0.15) is 15.9 Å². The molecule has 19 heavy (non-hydrogen) atoms. The Bertz CT molecular complexity index is 777. The summed E-state index contributed by atoms with van der Waals surface area (Å²) in [5.74, 6) is -1.00. The molecule has 0 aliphatic carbocycles. The number of hydrogen-bond donors (Lipinski definition) is 1. The van der Waals surface area contributed by atoms with E-state index < -0.39 is 5.97 Å². The van der Waals surface area contributed by atoms with Crippen molar-refractivity contribution in [2.24, 2.45) is 0 Å². The van der Waals surface area contributed by atoms with Crippen LogP contribution in [-0.2, 0) is 0 Å². The molecule has 0 amide bonds. The highest BCUT2D eigenvalue weighted by atomic mass is 16.4. The smallest absolute Gasteiger partial charge is 0.338 e. The number of hydrogen-bond acceptors (Lipinski definition) is 3. The number of aromatic nitrogens is 3. The van der Waals surface area contributed by atoms with E-state index in [1.807, 2.05) is 41.8 Å². The molecule has 0 unspecified atom stereocenters. The maximum absolute atomic E-state index is 11.3. The normalized spacial score (nSPS) is 10.8. The number of carboxylic acid groups (broad SMARTS) is 1. The van der Waals surface area contributed by atoms with Gasteiger partial charge in [0.25, 0.3) is 0 Å². The van der Waals surface area contributed by atoms with Crippen molar-refractivity contribution in [1.29, 1.82) is 0 Å². The molecule has 0 radical (unpaired) electrons. The molecule has 0 aromatic carbocycles. The number of aryl methyl sites for hydroxylation is 1. The topological polar surface area (TPSA) is 67.5 Å². The van der Waals surface area contributed by atoms with Crippen LogP contribution in [0.5, 0.6) is 0 Å². The molecule has 0 fully saturated rings. The van der Waals surface area contributed by atoms with Crippen LogP contribution in [0, 0.1) is 6.92 Å². The highest BCUT2D eigenvalue weighted by Gasteiger charge is 2.17. The summed E-state index contributed by atoms with van der Waals surface area (Å²) < 4.78 is 1.96. The van der Waals surface area contributed by atoms with Crippen LogP contribution in [0.3, 0.4) is 0 Å². The molecule has 0 saturated heterocycles. The molecule has 3 aromatic heterocycles. The van der Waals surface area contributed by atoms with E-state index in [1.54, 1.807) is 0 Å². The van der Waals surface area contributed by atoms with Gasteiger partial charge in [-0.3, -0.25) is 0 Å². The summed E-state index contributed by atoms with van der Waals surface area (Å²) in [6, 6.07) is 7.85. The average Bonchev–Trinajstić information content (AvgIpc) is 2.74. The van der Waals surface area contributed by atoms with E-state index >= 15 is 0 Å². The zero-order valence-corrected chi connectivity index (χ0v) is 10.2. The standard InChI is InChI=1S/C14H11N3O2/c1-9-6-10-4-2-3-5-17(10)13(9)11-7-15-16-8-12(11)14(18)19/h2-8H,1H3,(H,18,19). The van der Waals surface area contributed by atoms with Crippen molar-refractivity contribution in [2.75, 3.05) is 0 Å². The predicted molar refractivity (Wildman–Crippen MR) is 70.1 cm³/mol. The van der Waals surface area contributed by atoms with Gasteiger partial charge in [-0.05, 0) is 30.7 Å². The molecule has 0 aliphatic rings. The van der Waals surface area contributed by atoms with Crippen LogP contribution >= 0.6 is 0 Å². The lowest BCUT2D eigenvalue weighted by Gasteiger charge is -2.07. The Kier molecular flexibility index (Phi) is 2.52. The minimum Gasteiger partial charge on any atom is -0.478 e. The van der Waals surface area contributed by atoms with Gasteiger partial charge in [0, 0.05) is 17.3 Å². The van der Waals surface area contributed by atoms with E-state index in [0.717, 1.165) is 16.8 Å². The van der Waals surface area contributed by atoms with Crippen molar-refractivity contribution in [3.8, 4) is 11.3 Å². The summed E-state index contributed by atoms with van der Waals surface area (Å²) in [7, 11) is 0. The van der Waals surface area contributed by atoms with Crippen LogP contribution in [0.2, 0.25) is 0 Å². The molecular weight excluding hydrogens is 242 g/mol. The zero-order chi connectivity index (χ0) is 13.4. The van der Waals surface area contributed by atoms with Crippen LogP contribution in [0.25, 0.3) is 16.8 Å². The number of carbonyl (C=O) groups is 1. The molecule has 0 atom stereocenters. The summed E-state index contributed by atoms with van der Waals surface area (Å²) in [4.78, 5) is 11.3. The number of fused-ring (bicyclic) bond motifs is 1. The molecule has 5 heteroatoms. The van der Waals surface area contributed by atoms with Gasteiger partial charge in [-0.25, -0.2) is 4.79 Å². The summed E-state index contributed by atoms with van der Waals surface area (Å²) in [5.41, 5.74) is 3.58. The first-order valence-electron chi connectivity index (χ1n) is 5.79. The van der Waals surface area contributed by atoms with E-state index in [1.165, 1.54) is 12.4 Å². The fraction of sp³-hybridized carbons (Fsp3) is 0.0714. The quantitative estimate of drug-likeness (QED) is 0.761. The Morgan fingerprint density at radius 2 is 2.05 bits per heavy atom. The largest absolute Gasteiger partial charge is 0.478 e. The van der Waals surface area contributed by atoms with Gasteiger partial charge in [0.15, 0.2) is 0 Å². The van der Waals surface area contributed by atoms with E-state index in [9.17, 15) is 9.90 Å². The predicted octanol–water partition coefficient (Wildman–Crippen LogP) is 2.40. The molecule has 3 heterocycles. The fourth-order valence-electron chi connectivity index (χ4n) is 2.28. The van der Waals surface area contributed by atoms with E-state index in [4.69, 9.17) is 0 Å². The minimum atomic E-state index is -1.00. The summed E-state index contributed by atoms with van der Waals surface area (Å²) in [6.45, 7) is 1.95. The Labute approximate surface area is 109 Å². The number of pyridine rings is 1. The first-order chi connectivity index (χ1) is 9.18. The third kappa shape index (κ3) is 1.76. The van der Waals surface area contributed by atoms with Gasteiger partial charge in [-0.1, -0.05) is 6.07 Å². The number of nitrogens with zero attached hydrogens (tertiary/aromatic N) is 3. The number of carboxylic acids is 1. The molecule has 3 aromatic rings. The summed E-state index contributed by atoms with van der Waals surface area (Å²) in [6.07, 6.45) is 4.67. The maximum Gasteiger partial charge on any atom is 0.338 e. The van der Waals surface area contributed by atoms with E-state index in [0.29, 0.717) is 5.56 Å². The monoisotopic (exact) mass is 253 g/mol. The van der Waals surface area contributed by atoms with E-state index in [-0.39, 0.29) is 5.56 Å². The second kappa shape index (κ2) is 4.20. The lowest BCUT2D eigenvalue weighted by molar-refractivity contribution is 0.0697. The zero-order valence-electron chi connectivity index (χ0n) is 10.2. The van der Waals surface area contributed by atoms with Crippen molar-refractivity contribution < 1.29 is 9.90 Å². The van der Waals surface area contributed by atoms with Gasteiger partial charge in [0.1, 0.15) is 0 Å². The van der Waals surface area contributed by atoms with E-state index in [2.05, 4.69) is 10.2 Å². The highest BCUT2D eigenvalue weighted by molar-refractivity contribution is 5.95. The molecule has 3 rings (SSSR count). The van der Waals surface area contributed by atoms with Crippen molar-refractivity contribution in [1.82, 2.24) is 14.6 Å². The van der Waals surface area contributed by atoms with Gasteiger partial charge in [0.05, 0.1) is 23.7 Å². The average molecular weight is 253 g/mol. The maximum atomic E-state index is 11.3. The highest BCUT2D eigenvalue weighted by Crippen LogP contribution is 2.28. The van der Waals surface area contributed by atoms with Crippen molar-refractivity contribution in [3.63, 3.8) is 0 Å². The van der Waals surface area contributed by atoms with Crippen LogP contribution < -0.4 is 0 Å². The third-order valence-corrected chi connectivity index (χ3v) is 3.09. The van der Waals surface area contributed by atoms with Gasteiger partial charge in [-0.2, -0.15) is 10.2 Å². The number of aromatic carboxylic acids is 1. The third-order valence-electron chi connectivity index (χ3n) is 3.09. The number of rotatable bonds is 2. The summed E-state index contributed by atoms with van der Waals surface area (Å²) in [5, 5.41) is 16.7. The molecule has 0 aliphatic heterocycles. The molecule has 0 bridgehead atoms. The van der Waals surface area contributed by atoms with Crippen LogP contribution in [-0.4, -0.2) is 25.7 Å². The second-order valence-electron chi connectivity index (χ2n) is 4.29. The van der Waals surface area contributed by atoms with Gasteiger partial charge in [0.2, 0.25) is 0 Å². The van der Waals surface area contributed by atoms with Gasteiger partial charge >= 0.3 is 5.97 Å². The molecule has 0 saturated carbocycles. The van der Waals surface area contributed by atoms with Gasteiger partial charge < -0.3 is 9.51 Å². The Morgan fingerprint density at radius 1 is 1.26 bits per heavy atom. The molecule has 94 valence electrons. The second-order valence-corrected chi connectivity index (χ2v) is 4.29. The summed E-state index contributed by atoms with van der Waals surface area (Å²) >= 11 is 0. The van der Waals surface area contributed by atoms with Crippen molar-refractivity contribution in [2.45, 2.75) is 6.92 Å². The molecular formula is C14H11N3O2. The Hall–Kier alpha value is -2.69. The molecule has 0 spiro atoms. The van der Waals surface area contributed by atoms with Gasteiger partial charge in [-0.15, -0.1) is 0 Å². The Balaban J connectivity index is 2.37. The van der Waals surface area contributed by atoms with Crippen LogP contribution in [0.4, 0.5) is 0 Å². The van der Waals surface area contributed by atoms with Crippen LogP contribution in [0.15, 0.2) is 42.9 Å². The van der Waals surface area contributed by atoms with Crippen molar-refractivity contribution >= 4 is 11.5 Å². The minimum absolute atomic E-state index is 0.155. The van der Waals surface area contributed by atoms with Crippen molar-refractivity contribution in [3.05, 3.63) is 54.0 Å². The molecule has 1 N–H and O–H groups in total.